The summed E-state index contributed by atoms with van der Waals surface area (Å²) in [7, 11) is 0. The van der Waals surface area contributed by atoms with Gasteiger partial charge >= 0.3 is 0 Å². The van der Waals surface area contributed by atoms with Crippen molar-refractivity contribution in [2.24, 2.45) is 0 Å². The SMILES string of the molecule is O=C(NC(NC(=O)C(Cl)Cl)c1ccc(Cl)cc1)C(Cl)Cl. The van der Waals surface area contributed by atoms with E-state index in [1.165, 1.54) is 0 Å². The lowest BCUT2D eigenvalue weighted by atomic mass is 10.1. The van der Waals surface area contributed by atoms with Gasteiger partial charge in [-0.15, -0.1) is 0 Å². The summed E-state index contributed by atoms with van der Waals surface area (Å²) in [4.78, 5) is 20.5. The van der Waals surface area contributed by atoms with Crippen LogP contribution in [0.15, 0.2) is 24.3 Å². The maximum atomic E-state index is 11.5. The Balaban J connectivity index is 2.91. The first-order valence-electron chi connectivity index (χ1n) is 5.23. The van der Waals surface area contributed by atoms with Gasteiger partial charge < -0.3 is 10.6 Å². The number of hydrogen-bond acceptors (Lipinski definition) is 2. The van der Waals surface area contributed by atoms with Crippen molar-refractivity contribution in [3.8, 4) is 0 Å². The van der Waals surface area contributed by atoms with Crippen molar-refractivity contribution >= 4 is 69.8 Å². The van der Waals surface area contributed by atoms with Gasteiger partial charge in [0.2, 0.25) is 0 Å². The Morgan fingerprint density at radius 2 is 1.25 bits per heavy atom. The second-order valence-corrected chi connectivity index (χ2v) is 6.23. The zero-order chi connectivity index (χ0) is 15.3. The number of hydrogen-bond donors (Lipinski definition) is 2. The third-order valence-electron chi connectivity index (χ3n) is 2.17. The summed E-state index contributed by atoms with van der Waals surface area (Å²) in [6.07, 6.45) is -0.882. The van der Waals surface area contributed by atoms with E-state index in [-0.39, 0.29) is 0 Å². The molecule has 0 atom stereocenters. The molecule has 0 fully saturated rings. The highest BCUT2D eigenvalue weighted by molar-refractivity contribution is 6.54. The third kappa shape index (κ3) is 5.54. The zero-order valence-electron chi connectivity index (χ0n) is 9.75. The fraction of sp³-hybridized carbons (Fsp3) is 0.273. The Bertz CT molecular complexity index is 456. The minimum absolute atomic E-state index is 0.505. The van der Waals surface area contributed by atoms with Gasteiger partial charge in [-0.2, -0.15) is 0 Å². The highest BCUT2D eigenvalue weighted by Gasteiger charge is 2.22. The van der Waals surface area contributed by atoms with Crippen molar-refractivity contribution in [1.82, 2.24) is 10.6 Å². The number of halogens is 5. The molecule has 9 heteroatoms. The number of nitrogens with one attached hydrogen (secondary N) is 2. The Kier molecular flexibility index (Phi) is 7.20. The minimum Gasteiger partial charge on any atom is -0.330 e. The lowest BCUT2D eigenvalue weighted by Gasteiger charge is -2.21. The fourth-order valence-electron chi connectivity index (χ4n) is 1.27. The van der Waals surface area contributed by atoms with Crippen LogP contribution in [-0.4, -0.2) is 21.5 Å². The van der Waals surface area contributed by atoms with E-state index in [4.69, 9.17) is 58.0 Å². The van der Waals surface area contributed by atoms with E-state index in [0.717, 1.165) is 0 Å². The number of rotatable bonds is 5. The maximum absolute atomic E-state index is 11.5. The molecule has 0 bridgehead atoms. The predicted molar refractivity (Wildman–Crippen MR) is 81.5 cm³/mol. The van der Waals surface area contributed by atoms with Crippen LogP contribution in [0.3, 0.4) is 0 Å². The lowest BCUT2D eigenvalue weighted by Crippen LogP contribution is -2.44. The van der Waals surface area contributed by atoms with Crippen molar-refractivity contribution < 1.29 is 9.59 Å². The number of carbonyl (C=O) groups is 2. The van der Waals surface area contributed by atoms with E-state index in [2.05, 4.69) is 10.6 Å². The topological polar surface area (TPSA) is 58.2 Å². The summed E-state index contributed by atoms with van der Waals surface area (Å²) < 4.78 is 0. The summed E-state index contributed by atoms with van der Waals surface area (Å²) in [5.41, 5.74) is 0.555. The first-order chi connectivity index (χ1) is 9.31. The van der Waals surface area contributed by atoms with E-state index in [1.54, 1.807) is 24.3 Å². The molecular formula is C11H9Cl5N2O2. The van der Waals surface area contributed by atoms with E-state index in [0.29, 0.717) is 10.6 Å². The molecule has 1 aromatic rings. The average molecular weight is 378 g/mol. The van der Waals surface area contributed by atoms with Crippen LogP contribution in [0.25, 0.3) is 0 Å². The number of amides is 2. The van der Waals surface area contributed by atoms with Crippen molar-refractivity contribution in [3.05, 3.63) is 34.9 Å². The minimum atomic E-state index is -1.27. The average Bonchev–Trinajstić information content (AvgIpc) is 2.38. The third-order valence-corrected chi connectivity index (χ3v) is 3.22. The van der Waals surface area contributed by atoms with Crippen molar-refractivity contribution in [1.29, 1.82) is 0 Å². The van der Waals surface area contributed by atoms with Crippen molar-refractivity contribution in [2.45, 2.75) is 15.8 Å². The van der Waals surface area contributed by atoms with E-state index < -0.39 is 27.7 Å². The van der Waals surface area contributed by atoms with Gasteiger partial charge in [0, 0.05) is 5.02 Å². The molecule has 4 nitrogen and oxygen atoms in total. The predicted octanol–water partition coefficient (Wildman–Crippen LogP) is 3.18. The largest absolute Gasteiger partial charge is 0.330 e. The normalized spacial score (nSPS) is 11.0. The summed E-state index contributed by atoms with van der Waals surface area (Å²) >= 11 is 27.6. The highest BCUT2D eigenvalue weighted by Crippen LogP contribution is 2.16. The van der Waals surface area contributed by atoms with Crippen molar-refractivity contribution in [3.63, 3.8) is 0 Å². The van der Waals surface area contributed by atoms with Gasteiger partial charge in [-0.1, -0.05) is 70.1 Å². The first-order valence-corrected chi connectivity index (χ1v) is 7.36. The molecule has 0 aliphatic rings. The molecule has 2 N–H and O–H groups in total. The van der Waals surface area contributed by atoms with Crippen LogP contribution in [0.2, 0.25) is 5.02 Å². The molecule has 0 radical (unpaired) electrons. The zero-order valence-corrected chi connectivity index (χ0v) is 13.5. The summed E-state index contributed by atoms with van der Waals surface area (Å²) in [5.74, 6) is -1.34. The van der Waals surface area contributed by atoms with Crippen molar-refractivity contribution in [2.75, 3.05) is 0 Å². The van der Waals surface area contributed by atoms with Gasteiger partial charge in [-0.3, -0.25) is 9.59 Å². The van der Waals surface area contributed by atoms with Crippen LogP contribution >= 0.6 is 58.0 Å². The molecule has 1 aromatic carbocycles. The van der Waals surface area contributed by atoms with Crippen LogP contribution in [0.4, 0.5) is 0 Å². The first kappa shape index (κ1) is 17.7. The molecule has 0 aliphatic heterocycles. The van der Waals surface area contributed by atoms with E-state index in [9.17, 15) is 9.59 Å². The monoisotopic (exact) mass is 376 g/mol. The summed E-state index contributed by atoms with van der Waals surface area (Å²) in [6, 6.07) is 6.42. The number of carbonyl (C=O) groups excluding carboxylic acids is 2. The standard InChI is InChI=1S/C11H9Cl5N2O2/c12-6-3-1-5(2-4-6)9(17-10(19)7(13)14)18-11(20)8(15)16/h1-4,7-9H,(H,17,19)(H,18,20). The molecule has 1 rings (SSSR count). The second kappa shape index (κ2) is 8.15. The van der Waals surface area contributed by atoms with Crippen LogP contribution in [0.1, 0.15) is 11.7 Å². The Labute approximate surface area is 140 Å². The molecule has 0 aliphatic carbocycles. The van der Waals surface area contributed by atoms with Gasteiger partial charge in [-0.05, 0) is 17.7 Å². The molecule has 0 spiro atoms. The molecule has 20 heavy (non-hydrogen) atoms. The molecule has 0 aromatic heterocycles. The van der Waals surface area contributed by atoms with Gasteiger partial charge in [0.15, 0.2) is 9.67 Å². The Morgan fingerprint density at radius 3 is 1.60 bits per heavy atom. The summed E-state index contributed by atoms with van der Waals surface area (Å²) in [6.45, 7) is 0. The molecule has 0 heterocycles. The molecule has 0 unspecified atom stereocenters. The molecule has 2 amide bonds. The van der Waals surface area contributed by atoms with Crippen LogP contribution in [-0.2, 0) is 9.59 Å². The number of alkyl halides is 4. The van der Waals surface area contributed by atoms with Gasteiger partial charge in [0.1, 0.15) is 6.17 Å². The quantitative estimate of drug-likeness (QED) is 0.611. The maximum Gasteiger partial charge on any atom is 0.255 e. The van der Waals surface area contributed by atoms with E-state index in [1.807, 2.05) is 0 Å². The fourth-order valence-corrected chi connectivity index (χ4v) is 1.65. The highest BCUT2D eigenvalue weighted by atomic mass is 35.5. The van der Waals surface area contributed by atoms with Crippen LogP contribution < -0.4 is 10.6 Å². The molecule has 110 valence electrons. The van der Waals surface area contributed by atoms with Crippen LogP contribution in [0, 0.1) is 0 Å². The molecular weight excluding hydrogens is 369 g/mol. The molecule has 0 saturated heterocycles. The molecule has 0 saturated carbocycles. The van der Waals surface area contributed by atoms with Gasteiger partial charge in [0.25, 0.3) is 11.8 Å². The van der Waals surface area contributed by atoms with Gasteiger partial charge in [0.05, 0.1) is 0 Å². The summed E-state index contributed by atoms with van der Waals surface area (Å²) in [5, 5.41) is 5.39. The van der Waals surface area contributed by atoms with Crippen LogP contribution in [0.5, 0.6) is 0 Å². The smallest absolute Gasteiger partial charge is 0.255 e. The Hall–Kier alpha value is -0.390. The number of benzene rings is 1. The van der Waals surface area contributed by atoms with Gasteiger partial charge in [-0.25, -0.2) is 0 Å². The second-order valence-electron chi connectivity index (χ2n) is 3.60. The Morgan fingerprint density at radius 1 is 0.850 bits per heavy atom. The van der Waals surface area contributed by atoms with E-state index >= 15 is 0 Å². The lowest BCUT2D eigenvalue weighted by molar-refractivity contribution is -0.122.